The van der Waals surface area contributed by atoms with E-state index in [-0.39, 0.29) is 32.4 Å². The maximum atomic E-state index is 13.3. The molecule has 3 aromatic rings. The summed E-state index contributed by atoms with van der Waals surface area (Å²) < 4.78 is 34.9. The van der Waals surface area contributed by atoms with E-state index in [1.165, 1.54) is 0 Å². The number of amides is 3. The van der Waals surface area contributed by atoms with Crippen molar-refractivity contribution >= 4 is 44.9 Å². The smallest absolute Gasteiger partial charge is 0.425 e. The molecular formula is C28H35N5O7S. The van der Waals surface area contributed by atoms with Gasteiger partial charge in [-0.05, 0) is 57.7 Å². The van der Waals surface area contributed by atoms with Gasteiger partial charge < -0.3 is 20.1 Å². The number of hydrogen-bond acceptors (Lipinski definition) is 8. The topological polar surface area (TPSA) is 170 Å². The quantitative estimate of drug-likeness (QED) is 0.283. The van der Waals surface area contributed by atoms with Crippen LogP contribution in [0.1, 0.15) is 45.6 Å². The highest BCUT2D eigenvalue weighted by molar-refractivity contribution is 7.87. The molecule has 1 heterocycles. The summed E-state index contributed by atoms with van der Waals surface area (Å²) in [4.78, 5) is 42.6. The Morgan fingerprint density at radius 3 is 2.39 bits per heavy atom. The molecule has 0 bridgehead atoms. The van der Waals surface area contributed by atoms with E-state index in [0.717, 1.165) is 10.9 Å². The molecule has 0 aliphatic rings. The second-order valence-electron chi connectivity index (χ2n) is 10.2. The van der Waals surface area contributed by atoms with E-state index in [0.29, 0.717) is 15.5 Å². The highest BCUT2D eigenvalue weighted by Gasteiger charge is 2.29. The van der Waals surface area contributed by atoms with E-state index in [1.54, 1.807) is 57.3 Å². The van der Waals surface area contributed by atoms with E-state index >= 15 is 0 Å². The minimum Gasteiger partial charge on any atom is -0.445 e. The Kier molecular flexibility index (Phi) is 10.6. The van der Waals surface area contributed by atoms with Gasteiger partial charge in [0.05, 0.1) is 11.2 Å². The lowest BCUT2D eigenvalue weighted by atomic mass is 10.1. The fourth-order valence-electron chi connectivity index (χ4n) is 3.84. The van der Waals surface area contributed by atoms with Crippen LogP contribution in [-0.2, 0) is 31.1 Å². The second kappa shape index (κ2) is 13.9. The molecule has 0 fully saturated rings. The molecule has 0 spiro atoms. The van der Waals surface area contributed by atoms with Crippen molar-refractivity contribution in [3.63, 3.8) is 0 Å². The number of carbonyl (C=O) groups excluding carboxylic acids is 3. The number of benzene rings is 2. The molecule has 12 nitrogen and oxygen atoms in total. The molecule has 4 N–H and O–H groups in total. The first-order valence-electron chi connectivity index (χ1n) is 13.0. The van der Waals surface area contributed by atoms with Gasteiger partial charge in [-0.1, -0.05) is 48.5 Å². The van der Waals surface area contributed by atoms with Crippen molar-refractivity contribution in [2.75, 3.05) is 11.9 Å². The molecule has 0 aliphatic carbocycles. The lowest BCUT2D eigenvalue weighted by Gasteiger charge is -2.25. The van der Waals surface area contributed by atoms with Gasteiger partial charge >= 0.3 is 22.4 Å². The Labute approximate surface area is 239 Å². The number of nitrogens with zero attached hydrogens (tertiary/aromatic N) is 2. The summed E-state index contributed by atoms with van der Waals surface area (Å²) >= 11 is 0. The van der Waals surface area contributed by atoms with Crippen molar-refractivity contribution in [2.45, 2.75) is 58.3 Å². The number of ether oxygens (including phenoxy) is 2. The van der Waals surface area contributed by atoms with Crippen LogP contribution in [0.15, 0.2) is 66.9 Å². The molecular weight excluding hydrogens is 550 g/mol. The van der Waals surface area contributed by atoms with Crippen molar-refractivity contribution in [3.05, 3.63) is 72.4 Å². The van der Waals surface area contributed by atoms with Crippen molar-refractivity contribution in [1.29, 1.82) is 0 Å². The highest BCUT2D eigenvalue weighted by atomic mass is 32.2. The SMILES string of the molecule is CC(C)(C)OC(=O)N(CCCC[C@H](NC(=O)OCc1ccccc1)C(=O)Nc1cccc2cccnc12)S(N)(=O)=O. The molecule has 1 aromatic heterocycles. The Morgan fingerprint density at radius 2 is 1.71 bits per heavy atom. The van der Waals surface area contributed by atoms with Crippen LogP contribution in [-0.4, -0.2) is 54.0 Å². The monoisotopic (exact) mass is 585 g/mol. The maximum Gasteiger partial charge on any atom is 0.425 e. The van der Waals surface area contributed by atoms with Gasteiger partial charge in [0.25, 0.3) is 0 Å². The normalized spacial score (nSPS) is 12.3. The minimum absolute atomic E-state index is 0.00740. The van der Waals surface area contributed by atoms with Crippen molar-refractivity contribution in [2.24, 2.45) is 5.14 Å². The molecule has 3 rings (SSSR count). The fraction of sp³-hybridized carbons (Fsp3) is 0.357. The fourth-order valence-corrected chi connectivity index (χ4v) is 4.47. The first-order chi connectivity index (χ1) is 19.3. The number of nitrogens with one attached hydrogen (secondary N) is 2. The van der Waals surface area contributed by atoms with Crippen LogP contribution >= 0.6 is 0 Å². The van der Waals surface area contributed by atoms with E-state index in [1.807, 2.05) is 30.3 Å². The molecule has 0 aliphatic heterocycles. The lowest BCUT2D eigenvalue weighted by Crippen LogP contribution is -2.45. The molecule has 0 saturated carbocycles. The third-order valence-corrected chi connectivity index (χ3v) is 6.67. The highest BCUT2D eigenvalue weighted by Crippen LogP contribution is 2.21. The number of pyridine rings is 1. The van der Waals surface area contributed by atoms with Gasteiger partial charge in [0.2, 0.25) is 5.91 Å². The molecule has 0 unspecified atom stereocenters. The number of aromatic nitrogens is 1. The summed E-state index contributed by atoms with van der Waals surface area (Å²) in [7, 11) is -4.38. The summed E-state index contributed by atoms with van der Waals surface area (Å²) in [5, 5.41) is 11.4. The van der Waals surface area contributed by atoms with Gasteiger partial charge in [-0.15, -0.1) is 0 Å². The van der Waals surface area contributed by atoms with Crippen LogP contribution in [0, 0.1) is 0 Å². The van der Waals surface area contributed by atoms with Crippen LogP contribution < -0.4 is 15.8 Å². The zero-order chi connectivity index (χ0) is 30.0. The number of anilines is 1. The van der Waals surface area contributed by atoms with Gasteiger partial charge in [0.15, 0.2) is 0 Å². The van der Waals surface area contributed by atoms with Gasteiger partial charge in [0.1, 0.15) is 18.2 Å². The zero-order valence-electron chi connectivity index (χ0n) is 23.2. The maximum absolute atomic E-state index is 13.3. The Hall–Kier alpha value is -4.23. The number of unbranched alkanes of at least 4 members (excludes halogenated alkanes) is 1. The molecule has 3 amide bonds. The van der Waals surface area contributed by atoms with E-state index in [9.17, 15) is 22.8 Å². The van der Waals surface area contributed by atoms with Crippen LogP contribution in [0.3, 0.4) is 0 Å². The van der Waals surface area contributed by atoms with Crippen molar-refractivity contribution < 1.29 is 32.3 Å². The number of fused-ring (bicyclic) bond motifs is 1. The lowest BCUT2D eigenvalue weighted by molar-refractivity contribution is -0.118. The Morgan fingerprint density at radius 1 is 1.00 bits per heavy atom. The third-order valence-electron chi connectivity index (χ3n) is 5.72. The first-order valence-corrected chi connectivity index (χ1v) is 14.5. The van der Waals surface area contributed by atoms with Crippen molar-refractivity contribution in [1.82, 2.24) is 14.6 Å². The number of para-hydroxylation sites is 1. The number of nitrogens with two attached hydrogens (primary N) is 1. The molecule has 1 atom stereocenters. The average molecular weight is 586 g/mol. The van der Waals surface area contributed by atoms with Gasteiger partial charge in [-0.3, -0.25) is 9.78 Å². The van der Waals surface area contributed by atoms with Crippen LogP contribution in [0.2, 0.25) is 0 Å². The van der Waals surface area contributed by atoms with E-state index < -0.39 is 39.9 Å². The molecule has 220 valence electrons. The van der Waals surface area contributed by atoms with Gasteiger partial charge in [-0.2, -0.15) is 12.7 Å². The predicted octanol–water partition coefficient (Wildman–Crippen LogP) is 4.08. The number of alkyl carbamates (subject to hydrolysis) is 1. The first kappa shape index (κ1) is 31.3. The summed E-state index contributed by atoms with van der Waals surface area (Å²) in [6.45, 7) is 4.54. The standard InChI is InChI=1S/C28H35N5O7S/c1-28(2,3)40-27(36)33(41(29,37)38)18-8-7-15-23(32-26(35)39-19-20-11-5-4-6-12-20)25(34)31-22-16-9-13-21-14-10-17-30-24(21)22/h4-6,9-14,16-17,23H,7-8,15,18-19H2,1-3H3,(H,31,34)(H,32,35)(H2,29,37,38)/t23-/m0/s1. The third kappa shape index (κ3) is 10.0. The number of carbonyl (C=O) groups is 3. The molecule has 2 aromatic carbocycles. The van der Waals surface area contributed by atoms with Crippen LogP contribution in [0.25, 0.3) is 10.9 Å². The number of rotatable bonds is 11. The molecule has 0 saturated heterocycles. The summed E-state index contributed by atoms with van der Waals surface area (Å²) in [6.07, 6.45) is 0.217. The van der Waals surface area contributed by atoms with Crippen LogP contribution in [0.4, 0.5) is 15.3 Å². The Balaban J connectivity index is 1.68. The molecule has 41 heavy (non-hydrogen) atoms. The summed E-state index contributed by atoms with van der Waals surface area (Å²) in [6, 6.07) is 17.0. The Bertz CT molecular complexity index is 1450. The van der Waals surface area contributed by atoms with Gasteiger partial charge in [0, 0.05) is 18.1 Å². The average Bonchev–Trinajstić information content (AvgIpc) is 2.90. The van der Waals surface area contributed by atoms with Crippen molar-refractivity contribution in [3.8, 4) is 0 Å². The zero-order valence-corrected chi connectivity index (χ0v) is 24.0. The van der Waals surface area contributed by atoms with E-state index in [2.05, 4.69) is 15.6 Å². The summed E-state index contributed by atoms with van der Waals surface area (Å²) in [5.74, 6) is -0.518. The van der Waals surface area contributed by atoms with Gasteiger partial charge in [-0.25, -0.2) is 14.7 Å². The minimum atomic E-state index is -4.38. The van der Waals surface area contributed by atoms with Crippen LogP contribution in [0.5, 0.6) is 0 Å². The molecule has 13 heteroatoms. The largest absolute Gasteiger partial charge is 0.445 e. The number of hydrogen-bond donors (Lipinski definition) is 3. The van der Waals surface area contributed by atoms with E-state index in [4.69, 9.17) is 14.6 Å². The molecule has 0 radical (unpaired) electrons. The predicted molar refractivity (Wildman–Crippen MR) is 154 cm³/mol. The summed E-state index contributed by atoms with van der Waals surface area (Å²) in [5.41, 5.74) is 0.887. The second-order valence-corrected chi connectivity index (χ2v) is 11.7.